The minimum absolute atomic E-state index is 0.224. The lowest BCUT2D eigenvalue weighted by atomic mass is 10.00. The summed E-state index contributed by atoms with van der Waals surface area (Å²) in [5.41, 5.74) is 3.93. The summed E-state index contributed by atoms with van der Waals surface area (Å²) in [6.45, 7) is 5.68. The Bertz CT molecular complexity index is 1000. The number of nitrogens with one attached hydrogen (secondary N) is 1. The zero-order valence-corrected chi connectivity index (χ0v) is 15.6. The van der Waals surface area contributed by atoms with Crippen molar-refractivity contribution in [2.24, 2.45) is 0 Å². The van der Waals surface area contributed by atoms with E-state index in [1.165, 1.54) is 11.1 Å². The summed E-state index contributed by atoms with van der Waals surface area (Å²) >= 11 is 0. The minimum Gasteiger partial charge on any atom is -0.352 e. The molecule has 2 heterocycles. The van der Waals surface area contributed by atoms with Crippen molar-refractivity contribution in [3.05, 3.63) is 90.1 Å². The maximum absolute atomic E-state index is 12.6. The molecule has 1 amide bonds. The third-order valence-corrected chi connectivity index (χ3v) is 4.84. The Balaban J connectivity index is 1.72. The predicted octanol–water partition coefficient (Wildman–Crippen LogP) is 3.62. The topological polar surface area (TPSA) is 58.1 Å². The summed E-state index contributed by atoms with van der Waals surface area (Å²) in [6.07, 6.45) is 2.61. The van der Waals surface area contributed by atoms with Crippen LogP contribution in [0.4, 0.5) is 5.82 Å². The number of rotatable bonds is 5. The molecular formula is C23H22N4O. The largest absolute Gasteiger partial charge is 0.352 e. The van der Waals surface area contributed by atoms with Crippen molar-refractivity contribution >= 4 is 11.7 Å². The highest BCUT2D eigenvalue weighted by Gasteiger charge is 2.20. The molecule has 0 radical (unpaired) electrons. The Labute approximate surface area is 164 Å². The fourth-order valence-electron chi connectivity index (χ4n) is 3.38. The van der Waals surface area contributed by atoms with E-state index < -0.39 is 0 Å². The quantitative estimate of drug-likeness (QED) is 0.697. The summed E-state index contributed by atoms with van der Waals surface area (Å²) in [6, 6.07) is 20.0. The van der Waals surface area contributed by atoms with Gasteiger partial charge >= 0.3 is 0 Å². The Morgan fingerprint density at radius 3 is 2.61 bits per heavy atom. The van der Waals surface area contributed by atoms with Crippen LogP contribution in [0.3, 0.4) is 0 Å². The second kappa shape index (κ2) is 8.05. The lowest BCUT2D eigenvalue weighted by Gasteiger charge is -2.30. The van der Waals surface area contributed by atoms with Crippen LogP contribution >= 0.6 is 0 Å². The van der Waals surface area contributed by atoms with E-state index in [1.54, 1.807) is 12.1 Å². The van der Waals surface area contributed by atoms with E-state index in [-0.39, 0.29) is 5.91 Å². The van der Waals surface area contributed by atoms with Crippen molar-refractivity contribution in [1.82, 2.24) is 15.3 Å². The Morgan fingerprint density at radius 2 is 1.82 bits per heavy atom. The molecule has 0 bridgehead atoms. The van der Waals surface area contributed by atoms with Crippen LogP contribution in [0.1, 0.15) is 21.6 Å². The van der Waals surface area contributed by atoms with E-state index in [0.29, 0.717) is 18.1 Å². The highest BCUT2D eigenvalue weighted by molar-refractivity contribution is 5.93. The SMILES string of the molecule is C=CCNC(=O)c1cc(N2CCc3ccccc3C2)nc(-c2ccccc2)n1. The first-order chi connectivity index (χ1) is 13.7. The number of fused-ring (bicyclic) bond motifs is 1. The number of hydrogen-bond acceptors (Lipinski definition) is 4. The van der Waals surface area contributed by atoms with Crippen molar-refractivity contribution in [3.8, 4) is 11.4 Å². The fourth-order valence-corrected chi connectivity index (χ4v) is 3.38. The van der Waals surface area contributed by atoms with Crippen LogP contribution in [0.2, 0.25) is 0 Å². The first kappa shape index (κ1) is 17.9. The second-order valence-electron chi connectivity index (χ2n) is 6.74. The molecule has 1 aliphatic rings. The molecule has 0 saturated heterocycles. The van der Waals surface area contributed by atoms with E-state index in [9.17, 15) is 4.79 Å². The summed E-state index contributed by atoms with van der Waals surface area (Å²) < 4.78 is 0. The molecule has 0 aliphatic carbocycles. The van der Waals surface area contributed by atoms with Gasteiger partial charge in [-0.25, -0.2) is 9.97 Å². The van der Waals surface area contributed by atoms with E-state index in [2.05, 4.69) is 46.0 Å². The molecule has 1 aromatic heterocycles. The van der Waals surface area contributed by atoms with Gasteiger partial charge in [-0.15, -0.1) is 6.58 Å². The smallest absolute Gasteiger partial charge is 0.270 e. The number of amides is 1. The van der Waals surface area contributed by atoms with Gasteiger partial charge in [0, 0.05) is 31.3 Å². The number of hydrogen-bond donors (Lipinski definition) is 1. The van der Waals surface area contributed by atoms with Crippen molar-refractivity contribution in [2.45, 2.75) is 13.0 Å². The second-order valence-corrected chi connectivity index (χ2v) is 6.74. The molecule has 140 valence electrons. The zero-order chi connectivity index (χ0) is 19.3. The van der Waals surface area contributed by atoms with Gasteiger partial charge in [-0.05, 0) is 17.5 Å². The number of benzene rings is 2. The lowest BCUT2D eigenvalue weighted by molar-refractivity contribution is 0.0953. The zero-order valence-electron chi connectivity index (χ0n) is 15.6. The predicted molar refractivity (Wildman–Crippen MR) is 111 cm³/mol. The molecule has 3 aromatic rings. The molecule has 0 spiro atoms. The third-order valence-electron chi connectivity index (χ3n) is 4.84. The molecule has 5 nitrogen and oxygen atoms in total. The molecule has 5 heteroatoms. The number of aromatic nitrogens is 2. The van der Waals surface area contributed by atoms with Crippen molar-refractivity contribution < 1.29 is 4.79 Å². The summed E-state index contributed by atoms with van der Waals surface area (Å²) in [5, 5.41) is 2.81. The van der Waals surface area contributed by atoms with Crippen LogP contribution in [0, 0.1) is 0 Å². The molecule has 1 aliphatic heterocycles. The number of nitrogens with zero attached hydrogens (tertiary/aromatic N) is 3. The molecule has 0 unspecified atom stereocenters. The van der Waals surface area contributed by atoms with E-state index >= 15 is 0 Å². The average Bonchev–Trinajstić information content (AvgIpc) is 2.77. The van der Waals surface area contributed by atoms with Gasteiger partial charge < -0.3 is 10.2 Å². The monoisotopic (exact) mass is 370 g/mol. The molecule has 0 saturated carbocycles. The Morgan fingerprint density at radius 1 is 1.07 bits per heavy atom. The van der Waals surface area contributed by atoms with Gasteiger partial charge in [0.25, 0.3) is 5.91 Å². The lowest BCUT2D eigenvalue weighted by Crippen LogP contribution is -2.32. The Hall–Kier alpha value is -3.47. The van der Waals surface area contributed by atoms with E-state index in [1.807, 2.05) is 30.3 Å². The van der Waals surface area contributed by atoms with Crippen LogP contribution in [0.25, 0.3) is 11.4 Å². The molecule has 1 N–H and O–H groups in total. The van der Waals surface area contributed by atoms with E-state index in [0.717, 1.165) is 30.9 Å². The molecule has 28 heavy (non-hydrogen) atoms. The average molecular weight is 370 g/mol. The summed E-state index contributed by atoms with van der Waals surface area (Å²) in [7, 11) is 0. The fraction of sp³-hybridized carbons (Fsp3) is 0.174. The molecule has 4 rings (SSSR count). The molecule has 0 fully saturated rings. The van der Waals surface area contributed by atoms with Gasteiger partial charge in [-0.2, -0.15) is 0 Å². The maximum Gasteiger partial charge on any atom is 0.270 e. The summed E-state index contributed by atoms with van der Waals surface area (Å²) in [4.78, 5) is 24.1. The highest BCUT2D eigenvalue weighted by atomic mass is 16.1. The third kappa shape index (κ3) is 3.78. The minimum atomic E-state index is -0.224. The van der Waals surface area contributed by atoms with Crippen LogP contribution < -0.4 is 10.2 Å². The van der Waals surface area contributed by atoms with Crippen LogP contribution in [-0.2, 0) is 13.0 Å². The first-order valence-electron chi connectivity index (χ1n) is 9.40. The van der Waals surface area contributed by atoms with Gasteiger partial charge in [0.15, 0.2) is 5.82 Å². The van der Waals surface area contributed by atoms with Crippen LogP contribution in [0.15, 0.2) is 73.3 Å². The van der Waals surface area contributed by atoms with Gasteiger partial charge in [0.05, 0.1) is 0 Å². The molecule has 2 aromatic carbocycles. The highest BCUT2D eigenvalue weighted by Crippen LogP contribution is 2.25. The van der Waals surface area contributed by atoms with Crippen molar-refractivity contribution in [1.29, 1.82) is 0 Å². The standard InChI is InChI=1S/C23H22N4O/c1-2-13-24-23(28)20-15-21(26-22(25-20)18-9-4-3-5-10-18)27-14-12-17-8-6-7-11-19(17)16-27/h2-11,15H,1,12-14,16H2,(H,24,28). The first-order valence-corrected chi connectivity index (χ1v) is 9.40. The maximum atomic E-state index is 12.6. The molecular weight excluding hydrogens is 348 g/mol. The van der Waals surface area contributed by atoms with E-state index in [4.69, 9.17) is 4.98 Å². The van der Waals surface area contributed by atoms with Crippen LogP contribution in [-0.4, -0.2) is 29.0 Å². The molecule has 0 atom stereocenters. The van der Waals surface area contributed by atoms with Crippen molar-refractivity contribution in [2.75, 3.05) is 18.0 Å². The summed E-state index contributed by atoms with van der Waals surface area (Å²) in [5.74, 6) is 1.10. The van der Waals surface area contributed by atoms with Gasteiger partial charge in [0.1, 0.15) is 11.5 Å². The van der Waals surface area contributed by atoms with Crippen LogP contribution in [0.5, 0.6) is 0 Å². The number of carbonyl (C=O) groups excluding carboxylic acids is 1. The van der Waals surface area contributed by atoms with Crippen molar-refractivity contribution in [3.63, 3.8) is 0 Å². The normalized spacial score (nSPS) is 12.9. The van der Waals surface area contributed by atoms with Gasteiger partial charge in [-0.3, -0.25) is 4.79 Å². The number of carbonyl (C=O) groups is 1. The number of anilines is 1. The van der Waals surface area contributed by atoms with Gasteiger partial charge in [-0.1, -0.05) is 60.7 Å². The Kier molecular flexibility index (Phi) is 5.15. The van der Waals surface area contributed by atoms with Gasteiger partial charge in [0.2, 0.25) is 0 Å².